The molecule has 0 radical (unpaired) electrons. The van der Waals surface area contributed by atoms with Crippen LogP contribution in [-0.2, 0) is 0 Å². The highest BCUT2D eigenvalue weighted by Gasteiger charge is 2.31. The van der Waals surface area contributed by atoms with Gasteiger partial charge in [-0.3, -0.25) is 4.98 Å². The summed E-state index contributed by atoms with van der Waals surface area (Å²) in [4.78, 5) is 6.65. The molecule has 0 aromatic carbocycles. The summed E-state index contributed by atoms with van der Waals surface area (Å²) in [6, 6.07) is 4.79. The third kappa shape index (κ3) is 2.97. The Labute approximate surface area is 103 Å². The van der Waals surface area contributed by atoms with Gasteiger partial charge in [0.15, 0.2) is 0 Å². The molecule has 3 heteroatoms. The van der Waals surface area contributed by atoms with Crippen molar-refractivity contribution < 1.29 is 4.74 Å². The maximum absolute atomic E-state index is 5.80. The Morgan fingerprint density at radius 3 is 2.47 bits per heavy atom. The van der Waals surface area contributed by atoms with Crippen molar-refractivity contribution in [3.63, 3.8) is 0 Å². The highest BCUT2D eigenvalue weighted by molar-refractivity contribution is 5.16. The number of hydrogen-bond acceptors (Lipinski definition) is 3. The van der Waals surface area contributed by atoms with Gasteiger partial charge in [-0.05, 0) is 56.8 Å². The average molecular weight is 232 g/mol. The van der Waals surface area contributed by atoms with Crippen molar-refractivity contribution in [2.45, 2.75) is 31.7 Å². The van der Waals surface area contributed by atoms with E-state index in [0.717, 1.165) is 24.3 Å². The molecule has 3 rings (SSSR count). The summed E-state index contributed by atoms with van der Waals surface area (Å²) in [6.45, 7) is 3.41. The number of piperidine rings is 1. The van der Waals surface area contributed by atoms with Crippen LogP contribution in [0.25, 0.3) is 0 Å². The first-order valence-electron chi connectivity index (χ1n) is 6.69. The Hall–Kier alpha value is -1.09. The first-order chi connectivity index (χ1) is 8.42. The lowest BCUT2D eigenvalue weighted by atomic mass is 9.98. The summed E-state index contributed by atoms with van der Waals surface area (Å²) in [7, 11) is 0. The van der Waals surface area contributed by atoms with E-state index in [1.807, 2.05) is 12.1 Å². The summed E-state index contributed by atoms with van der Waals surface area (Å²) < 4.78 is 5.80. The average Bonchev–Trinajstić information content (AvgIpc) is 3.23. The number of hydrogen-bond donors (Lipinski definition) is 0. The quantitative estimate of drug-likeness (QED) is 0.796. The molecular formula is C14H20N2O. The largest absolute Gasteiger partial charge is 0.493 e. The van der Waals surface area contributed by atoms with E-state index < -0.39 is 0 Å². The van der Waals surface area contributed by atoms with E-state index in [4.69, 9.17) is 4.74 Å². The van der Waals surface area contributed by atoms with Gasteiger partial charge in [-0.2, -0.15) is 0 Å². The molecule has 0 N–H and O–H groups in total. The molecule has 0 bridgehead atoms. The minimum Gasteiger partial charge on any atom is -0.493 e. The molecule has 2 aliphatic rings. The first kappa shape index (κ1) is 11.0. The van der Waals surface area contributed by atoms with Crippen molar-refractivity contribution in [1.29, 1.82) is 0 Å². The van der Waals surface area contributed by atoms with Gasteiger partial charge in [-0.25, -0.2) is 0 Å². The smallest absolute Gasteiger partial charge is 0.122 e. The van der Waals surface area contributed by atoms with Gasteiger partial charge in [0, 0.05) is 18.4 Å². The van der Waals surface area contributed by atoms with Gasteiger partial charge in [0.2, 0.25) is 0 Å². The molecule has 0 spiro atoms. The third-order valence-electron chi connectivity index (χ3n) is 3.85. The molecular weight excluding hydrogens is 212 g/mol. The van der Waals surface area contributed by atoms with Crippen LogP contribution in [0.5, 0.6) is 5.75 Å². The van der Waals surface area contributed by atoms with E-state index in [-0.39, 0.29) is 0 Å². The predicted octanol–water partition coefficient (Wildman–Crippen LogP) is 2.33. The summed E-state index contributed by atoms with van der Waals surface area (Å²) in [5.41, 5.74) is 0. The van der Waals surface area contributed by atoms with Gasteiger partial charge in [-0.1, -0.05) is 0 Å². The maximum atomic E-state index is 5.80. The van der Waals surface area contributed by atoms with Crippen LogP contribution < -0.4 is 4.74 Å². The van der Waals surface area contributed by atoms with Gasteiger partial charge >= 0.3 is 0 Å². The zero-order chi connectivity index (χ0) is 11.5. The molecule has 0 atom stereocenters. The summed E-state index contributed by atoms with van der Waals surface area (Å²) in [5, 5.41) is 0. The summed E-state index contributed by atoms with van der Waals surface area (Å²) in [6.07, 6.45) is 9.01. The van der Waals surface area contributed by atoms with E-state index in [2.05, 4.69) is 9.88 Å². The van der Waals surface area contributed by atoms with Crippen LogP contribution in [-0.4, -0.2) is 35.6 Å². The van der Waals surface area contributed by atoms with Gasteiger partial charge in [0.25, 0.3) is 0 Å². The molecule has 1 saturated heterocycles. The van der Waals surface area contributed by atoms with Crippen molar-refractivity contribution in [1.82, 2.24) is 9.88 Å². The monoisotopic (exact) mass is 232 g/mol. The van der Waals surface area contributed by atoms with Gasteiger partial charge in [-0.15, -0.1) is 0 Å². The van der Waals surface area contributed by atoms with Gasteiger partial charge in [0.05, 0.1) is 6.61 Å². The second-order valence-corrected chi connectivity index (χ2v) is 5.20. The second-order valence-electron chi connectivity index (χ2n) is 5.20. The predicted molar refractivity (Wildman–Crippen MR) is 67.1 cm³/mol. The standard InChI is InChI=1S/C14H20N2O/c1-2-13(1)16-9-5-12(6-10-16)11-17-14-3-7-15-8-4-14/h3-4,7-8,12-13H,1-2,5-6,9-11H2. The molecule has 92 valence electrons. The Bertz CT molecular complexity index is 342. The number of ether oxygens (including phenoxy) is 1. The third-order valence-corrected chi connectivity index (χ3v) is 3.85. The summed E-state index contributed by atoms with van der Waals surface area (Å²) in [5.74, 6) is 1.68. The number of likely N-dealkylation sites (tertiary alicyclic amines) is 1. The van der Waals surface area contributed by atoms with E-state index in [0.29, 0.717) is 0 Å². The zero-order valence-corrected chi connectivity index (χ0v) is 10.2. The number of nitrogens with zero attached hydrogens (tertiary/aromatic N) is 2. The van der Waals surface area contributed by atoms with Crippen molar-refractivity contribution in [2.75, 3.05) is 19.7 Å². The van der Waals surface area contributed by atoms with E-state index in [1.165, 1.54) is 38.8 Å². The molecule has 2 fully saturated rings. The Morgan fingerprint density at radius 2 is 1.82 bits per heavy atom. The van der Waals surface area contributed by atoms with Gasteiger partial charge < -0.3 is 9.64 Å². The highest BCUT2D eigenvalue weighted by Crippen LogP contribution is 2.30. The summed E-state index contributed by atoms with van der Waals surface area (Å²) >= 11 is 0. The van der Waals surface area contributed by atoms with Crippen LogP contribution in [0.4, 0.5) is 0 Å². The van der Waals surface area contributed by atoms with Crippen LogP contribution in [0, 0.1) is 5.92 Å². The minimum absolute atomic E-state index is 0.734. The van der Waals surface area contributed by atoms with Crippen LogP contribution in [0.15, 0.2) is 24.5 Å². The van der Waals surface area contributed by atoms with E-state index in [9.17, 15) is 0 Å². The number of pyridine rings is 1. The maximum Gasteiger partial charge on any atom is 0.122 e. The molecule has 0 unspecified atom stereocenters. The van der Waals surface area contributed by atoms with Crippen molar-refractivity contribution in [2.24, 2.45) is 5.92 Å². The fraction of sp³-hybridized carbons (Fsp3) is 0.643. The molecule has 1 aliphatic carbocycles. The number of rotatable bonds is 4. The Balaban J connectivity index is 1.41. The molecule has 1 aromatic rings. The van der Waals surface area contributed by atoms with Crippen LogP contribution >= 0.6 is 0 Å². The highest BCUT2D eigenvalue weighted by atomic mass is 16.5. The van der Waals surface area contributed by atoms with Crippen molar-refractivity contribution in [3.05, 3.63) is 24.5 Å². The molecule has 0 amide bonds. The van der Waals surface area contributed by atoms with Crippen molar-refractivity contribution >= 4 is 0 Å². The molecule has 3 nitrogen and oxygen atoms in total. The second kappa shape index (κ2) is 5.05. The lowest BCUT2D eigenvalue weighted by Gasteiger charge is -2.31. The number of aromatic nitrogens is 1. The Morgan fingerprint density at radius 1 is 1.12 bits per heavy atom. The molecule has 17 heavy (non-hydrogen) atoms. The molecule has 1 saturated carbocycles. The topological polar surface area (TPSA) is 25.4 Å². The SMILES string of the molecule is c1cc(OCC2CCN(C3CC3)CC2)ccn1. The normalized spacial score (nSPS) is 22.6. The molecule has 1 aliphatic heterocycles. The minimum atomic E-state index is 0.734. The van der Waals surface area contributed by atoms with E-state index in [1.54, 1.807) is 12.4 Å². The van der Waals surface area contributed by atoms with E-state index >= 15 is 0 Å². The zero-order valence-electron chi connectivity index (χ0n) is 10.2. The Kier molecular flexibility index (Phi) is 3.27. The molecule has 1 aromatic heterocycles. The van der Waals surface area contributed by atoms with Gasteiger partial charge in [0.1, 0.15) is 5.75 Å². The van der Waals surface area contributed by atoms with Crippen LogP contribution in [0.1, 0.15) is 25.7 Å². The lowest BCUT2D eigenvalue weighted by Crippen LogP contribution is -2.36. The first-order valence-corrected chi connectivity index (χ1v) is 6.69. The molecule has 2 heterocycles. The lowest BCUT2D eigenvalue weighted by molar-refractivity contribution is 0.136. The fourth-order valence-electron chi connectivity index (χ4n) is 2.57. The fourth-order valence-corrected chi connectivity index (χ4v) is 2.57. The van der Waals surface area contributed by atoms with Crippen LogP contribution in [0.3, 0.4) is 0 Å². The van der Waals surface area contributed by atoms with Crippen LogP contribution in [0.2, 0.25) is 0 Å². The van der Waals surface area contributed by atoms with Crippen molar-refractivity contribution in [3.8, 4) is 5.75 Å².